The molecule has 2 aromatic heterocycles. The van der Waals surface area contributed by atoms with E-state index in [1.807, 2.05) is 6.92 Å². The number of carbonyl (C=O) groups excluding carboxylic acids is 2. The van der Waals surface area contributed by atoms with Crippen LogP contribution >= 0.6 is 34.4 Å². The van der Waals surface area contributed by atoms with Crippen LogP contribution in [-0.2, 0) is 10.5 Å². The van der Waals surface area contributed by atoms with Gasteiger partial charge < -0.3 is 9.84 Å². The third-order valence-corrected chi connectivity index (χ3v) is 9.16. The number of ketones is 1. The van der Waals surface area contributed by atoms with Crippen LogP contribution in [0.2, 0.25) is 0 Å². The van der Waals surface area contributed by atoms with Crippen molar-refractivity contribution in [3.8, 4) is 5.75 Å². The third-order valence-electron chi connectivity index (χ3n) is 5.99. The van der Waals surface area contributed by atoms with Crippen LogP contribution in [0.4, 0.5) is 9.52 Å². The highest BCUT2D eigenvalue weighted by molar-refractivity contribution is 8.00. The van der Waals surface area contributed by atoms with Gasteiger partial charge in [0.2, 0.25) is 10.9 Å². The predicted octanol–water partition coefficient (Wildman–Crippen LogP) is 6.22. The average Bonchev–Trinajstić information content (AvgIpc) is 3.59. The standard InChI is InChI=1S/C27H23FN4O4S3/c1-4-36-19-12-8-6-10-17(19)21-20(22(33)24-14(2)29-15(3)38-24)23(34)25(35)32(21)26-30-31-27(39-26)37-13-16-9-5-7-11-18(16)28/h5-12,21,34H,4,13H2,1-3H3. The van der Waals surface area contributed by atoms with E-state index < -0.39 is 23.5 Å². The number of benzene rings is 2. The van der Waals surface area contributed by atoms with Crippen molar-refractivity contribution in [3.63, 3.8) is 0 Å². The number of Topliss-reactive ketones (excluding diaryl/α,β-unsaturated/α-hetero) is 1. The number of ether oxygens (including phenoxy) is 1. The molecule has 0 bridgehead atoms. The van der Waals surface area contributed by atoms with Gasteiger partial charge in [-0.15, -0.1) is 21.5 Å². The van der Waals surface area contributed by atoms with Crippen LogP contribution in [0.15, 0.2) is 64.2 Å². The van der Waals surface area contributed by atoms with Crippen LogP contribution < -0.4 is 9.64 Å². The molecule has 1 atom stereocenters. The summed E-state index contributed by atoms with van der Waals surface area (Å²) in [5.74, 6) is -1.43. The second-order valence-corrected chi connectivity index (χ2v) is 11.9. The van der Waals surface area contributed by atoms with Gasteiger partial charge in [0.15, 0.2) is 10.1 Å². The number of hydrogen-bond acceptors (Lipinski definition) is 10. The molecule has 0 fully saturated rings. The topological polar surface area (TPSA) is 106 Å². The highest BCUT2D eigenvalue weighted by atomic mass is 32.2. The number of thiazole rings is 1. The van der Waals surface area contributed by atoms with Gasteiger partial charge in [-0.3, -0.25) is 14.5 Å². The lowest BCUT2D eigenvalue weighted by atomic mass is 9.94. The van der Waals surface area contributed by atoms with E-state index in [2.05, 4.69) is 15.2 Å². The maximum Gasteiger partial charge on any atom is 0.296 e. The quantitative estimate of drug-likeness (QED) is 0.141. The number of hydrogen-bond donors (Lipinski definition) is 1. The Labute approximate surface area is 236 Å². The minimum absolute atomic E-state index is 0.0744. The van der Waals surface area contributed by atoms with E-state index in [9.17, 15) is 19.1 Å². The number of amides is 1. The van der Waals surface area contributed by atoms with Crippen molar-refractivity contribution in [2.75, 3.05) is 11.5 Å². The molecule has 39 heavy (non-hydrogen) atoms. The maximum atomic E-state index is 14.1. The summed E-state index contributed by atoms with van der Waals surface area (Å²) in [6.45, 7) is 5.70. The van der Waals surface area contributed by atoms with Crippen molar-refractivity contribution in [2.45, 2.75) is 36.9 Å². The summed E-state index contributed by atoms with van der Waals surface area (Å²) < 4.78 is 20.4. The van der Waals surface area contributed by atoms with E-state index >= 15 is 0 Å². The van der Waals surface area contributed by atoms with Crippen LogP contribution in [0.5, 0.6) is 5.75 Å². The molecule has 0 radical (unpaired) electrons. The largest absolute Gasteiger partial charge is 0.503 e. The van der Waals surface area contributed by atoms with Crippen molar-refractivity contribution in [3.05, 3.63) is 92.4 Å². The predicted molar refractivity (Wildman–Crippen MR) is 149 cm³/mol. The fraction of sp³-hybridized carbons (Fsp3) is 0.222. The van der Waals surface area contributed by atoms with Gasteiger partial charge in [-0.2, -0.15) is 0 Å². The minimum atomic E-state index is -1.01. The van der Waals surface area contributed by atoms with E-state index in [4.69, 9.17) is 4.74 Å². The molecule has 0 saturated heterocycles. The van der Waals surface area contributed by atoms with Crippen LogP contribution in [-0.4, -0.2) is 38.6 Å². The molecule has 2 aromatic carbocycles. The number of aliphatic hydroxyl groups excluding tert-OH is 1. The summed E-state index contributed by atoms with van der Waals surface area (Å²) >= 11 is 3.60. The number of para-hydroxylation sites is 1. The molecule has 3 heterocycles. The van der Waals surface area contributed by atoms with Gasteiger partial charge >= 0.3 is 0 Å². The second-order valence-electron chi connectivity index (χ2n) is 8.52. The molecular formula is C27H23FN4O4S3. The number of carbonyl (C=O) groups is 2. The Kier molecular flexibility index (Phi) is 7.78. The first kappa shape index (κ1) is 27.0. The molecule has 0 spiro atoms. The molecule has 12 heteroatoms. The molecule has 1 unspecified atom stereocenters. The summed E-state index contributed by atoms with van der Waals surface area (Å²) in [6.07, 6.45) is 0. The molecule has 4 aromatic rings. The Morgan fingerprint density at radius 3 is 2.59 bits per heavy atom. The van der Waals surface area contributed by atoms with Crippen molar-refractivity contribution >= 4 is 51.3 Å². The highest BCUT2D eigenvalue weighted by Gasteiger charge is 2.47. The fourth-order valence-corrected chi connectivity index (χ4v) is 7.03. The number of rotatable bonds is 9. The number of anilines is 1. The Morgan fingerprint density at radius 1 is 1.13 bits per heavy atom. The monoisotopic (exact) mass is 582 g/mol. The Balaban J connectivity index is 1.55. The van der Waals surface area contributed by atoms with Crippen LogP contribution in [0.1, 0.15) is 44.5 Å². The lowest BCUT2D eigenvalue weighted by Gasteiger charge is -2.25. The first-order valence-corrected chi connectivity index (χ1v) is 14.6. The van der Waals surface area contributed by atoms with E-state index in [-0.39, 0.29) is 16.5 Å². The van der Waals surface area contributed by atoms with Crippen LogP contribution in [0, 0.1) is 19.7 Å². The lowest BCUT2D eigenvalue weighted by Crippen LogP contribution is -2.31. The number of halogens is 1. The Bertz CT molecular complexity index is 1600. The van der Waals surface area contributed by atoms with Gasteiger partial charge in [0.05, 0.1) is 27.8 Å². The van der Waals surface area contributed by atoms with Gasteiger partial charge in [-0.1, -0.05) is 59.5 Å². The van der Waals surface area contributed by atoms with Gasteiger partial charge in [0.25, 0.3) is 5.91 Å². The normalized spacial score (nSPS) is 15.3. The zero-order valence-electron chi connectivity index (χ0n) is 21.2. The molecule has 8 nitrogen and oxygen atoms in total. The number of aromatic nitrogens is 3. The van der Waals surface area contributed by atoms with Crippen molar-refractivity contribution < 1.29 is 23.8 Å². The van der Waals surface area contributed by atoms with Gasteiger partial charge in [0, 0.05) is 11.3 Å². The average molecular weight is 583 g/mol. The second kappa shape index (κ2) is 11.2. The molecule has 5 rings (SSSR count). The van der Waals surface area contributed by atoms with E-state index in [0.717, 1.165) is 11.3 Å². The molecule has 200 valence electrons. The minimum Gasteiger partial charge on any atom is -0.503 e. The first-order valence-electron chi connectivity index (χ1n) is 12.0. The first-order chi connectivity index (χ1) is 18.8. The van der Waals surface area contributed by atoms with Gasteiger partial charge in [-0.05, 0) is 38.5 Å². The third kappa shape index (κ3) is 5.19. The van der Waals surface area contributed by atoms with E-state index in [1.165, 1.54) is 34.1 Å². The lowest BCUT2D eigenvalue weighted by molar-refractivity contribution is -0.117. The van der Waals surface area contributed by atoms with Crippen LogP contribution in [0.3, 0.4) is 0 Å². The van der Waals surface area contributed by atoms with Gasteiger partial charge in [-0.25, -0.2) is 9.37 Å². The van der Waals surface area contributed by atoms with Crippen molar-refractivity contribution in [1.82, 2.24) is 15.2 Å². The van der Waals surface area contributed by atoms with Crippen LogP contribution in [0.25, 0.3) is 0 Å². The SMILES string of the molecule is CCOc1ccccc1C1C(C(=O)c2sc(C)nc2C)=C(O)C(=O)N1c1nnc(SCc2ccccc2F)s1. The van der Waals surface area contributed by atoms with Crippen molar-refractivity contribution in [1.29, 1.82) is 0 Å². The maximum absolute atomic E-state index is 14.1. The Morgan fingerprint density at radius 2 is 1.87 bits per heavy atom. The zero-order valence-corrected chi connectivity index (χ0v) is 23.6. The van der Waals surface area contributed by atoms with E-state index in [1.54, 1.807) is 56.3 Å². The summed E-state index contributed by atoms with van der Waals surface area (Å²) in [6, 6.07) is 12.5. The molecule has 1 amide bonds. The Hall–Kier alpha value is -3.61. The van der Waals surface area contributed by atoms with Gasteiger partial charge in [0.1, 0.15) is 17.6 Å². The smallest absolute Gasteiger partial charge is 0.296 e. The summed E-state index contributed by atoms with van der Waals surface area (Å²) in [5.41, 5.74) is 1.49. The molecular weight excluding hydrogens is 560 g/mol. The van der Waals surface area contributed by atoms with Crippen molar-refractivity contribution in [2.24, 2.45) is 0 Å². The zero-order chi connectivity index (χ0) is 27.7. The summed E-state index contributed by atoms with van der Waals surface area (Å²) in [4.78, 5) is 33.3. The molecule has 1 aliphatic heterocycles. The number of nitrogens with zero attached hydrogens (tertiary/aromatic N) is 4. The molecule has 0 aliphatic carbocycles. The fourth-order valence-electron chi connectivity index (χ4n) is 4.30. The number of aliphatic hydroxyl groups is 1. The summed E-state index contributed by atoms with van der Waals surface area (Å²) in [5, 5.41) is 20.4. The molecule has 0 saturated carbocycles. The van der Waals surface area contributed by atoms with E-state index in [0.29, 0.717) is 49.2 Å². The molecule has 1 N–H and O–H groups in total. The number of thioether (sulfide) groups is 1. The highest BCUT2D eigenvalue weighted by Crippen LogP contribution is 2.46. The summed E-state index contributed by atoms with van der Waals surface area (Å²) in [7, 11) is 0. The molecule has 1 aliphatic rings. The number of aryl methyl sites for hydroxylation is 2.